The Labute approximate surface area is 157 Å². The lowest BCUT2D eigenvalue weighted by Gasteiger charge is -2.20. The van der Waals surface area contributed by atoms with Crippen LogP contribution in [0.15, 0.2) is 55.4 Å². The summed E-state index contributed by atoms with van der Waals surface area (Å²) in [6, 6.07) is 7.27. The lowest BCUT2D eigenvalue weighted by molar-refractivity contribution is 0.251. The van der Waals surface area contributed by atoms with Crippen LogP contribution in [-0.2, 0) is 6.54 Å². The predicted molar refractivity (Wildman–Crippen MR) is 103 cm³/mol. The number of hydrogen-bond acceptors (Lipinski definition) is 5. The SMILES string of the molecule is O=C(NCc1ccc(-n2ccnc2)nc1)Nc1cccnc1N1CCCC1. The van der Waals surface area contributed by atoms with Gasteiger partial charge in [0.25, 0.3) is 0 Å². The van der Waals surface area contributed by atoms with Crippen molar-refractivity contribution in [1.29, 1.82) is 0 Å². The Kier molecular flexibility index (Phi) is 4.95. The van der Waals surface area contributed by atoms with Crippen molar-refractivity contribution in [2.75, 3.05) is 23.3 Å². The van der Waals surface area contributed by atoms with Gasteiger partial charge in [0.1, 0.15) is 12.1 Å². The number of rotatable bonds is 5. The van der Waals surface area contributed by atoms with Crippen LogP contribution in [0, 0.1) is 0 Å². The Hall–Kier alpha value is -3.42. The third-order valence-electron chi connectivity index (χ3n) is 4.47. The maximum atomic E-state index is 12.3. The molecular formula is C19H21N7O. The first-order valence-electron chi connectivity index (χ1n) is 8.98. The van der Waals surface area contributed by atoms with Crippen LogP contribution in [-0.4, -0.2) is 38.6 Å². The molecule has 0 bridgehead atoms. The van der Waals surface area contributed by atoms with Gasteiger partial charge in [0, 0.05) is 44.4 Å². The van der Waals surface area contributed by atoms with Crippen LogP contribution < -0.4 is 15.5 Å². The predicted octanol–water partition coefficient (Wildman–Crippen LogP) is 2.58. The van der Waals surface area contributed by atoms with Crippen LogP contribution in [0.4, 0.5) is 16.3 Å². The maximum Gasteiger partial charge on any atom is 0.319 e. The zero-order chi connectivity index (χ0) is 18.5. The molecule has 0 aromatic carbocycles. The highest BCUT2D eigenvalue weighted by Gasteiger charge is 2.17. The largest absolute Gasteiger partial charge is 0.355 e. The van der Waals surface area contributed by atoms with E-state index in [0.717, 1.165) is 48.8 Å². The van der Waals surface area contributed by atoms with E-state index in [4.69, 9.17) is 0 Å². The summed E-state index contributed by atoms with van der Waals surface area (Å²) in [5.41, 5.74) is 1.64. The van der Waals surface area contributed by atoms with Gasteiger partial charge in [-0.05, 0) is 36.6 Å². The average Bonchev–Trinajstić information content (AvgIpc) is 3.41. The number of nitrogens with one attached hydrogen (secondary N) is 2. The number of nitrogens with zero attached hydrogens (tertiary/aromatic N) is 5. The number of carbonyl (C=O) groups excluding carboxylic acids is 1. The first-order chi connectivity index (χ1) is 13.3. The highest BCUT2D eigenvalue weighted by atomic mass is 16.2. The van der Waals surface area contributed by atoms with Crippen LogP contribution >= 0.6 is 0 Å². The summed E-state index contributed by atoms with van der Waals surface area (Å²) < 4.78 is 1.83. The first kappa shape index (κ1) is 17.0. The molecule has 27 heavy (non-hydrogen) atoms. The molecule has 2 N–H and O–H groups in total. The van der Waals surface area contributed by atoms with Crippen molar-refractivity contribution in [2.24, 2.45) is 0 Å². The quantitative estimate of drug-likeness (QED) is 0.727. The fourth-order valence-electron chi connectivity index (χ4n) is 3.09. The normalized spacial score (nSPS) is 13.6. The molecule has 0 atom stereocenters. The number of aromatic nitrogens is 4. The second-order valence-electron chi connectivity index (χ2n) is 6.37. The van der Waals surface area contributed by atoms with Gasteiger partial charge in [0.05, 0.1) is 5.69 Å². The first-order valence-corrected chi connectivity index (χ1v) is 8.98. The third-order valence-corrected chi connectivity index (χ3v) is 4.47. The number of amides is 2. The molecule has 2 amide bonds. The second kappa shape index (κ2) is 7.86. The van der Waals surface area contributed by atoms with Crippen molar-refractivity contribution < 1.29 is 4.79 Å². The Bertz CT molecular complexity index is 887. The maximum absolute atomic E-state index is 12.3. The van der Waals surface area contributed by atoms with Crippen molar-refractivity contribution in [3.05, 3.63) is 60.9 Å². The van der Waals surface area contributed by atoms with Crippen molar-refractivity contribution in [3.63, 3.8) is 0 Å². The minimum absolute atomic E-state index is 0.262. The van der Waals surface area contributed by atoms with Crippen LogP contribution in [0.3, 0.4) is 0 Å². The van der Waals surface area contributed by atoms with E-state index in [1.54, 1.807) is 24.9 Å². The third kappa shape index (κ3) is 4.05. The molecule has 0 unspecified atom stereocenters. The fraction of sp³-hybridized carbons (Fsp3) is 0.263. The standard InChI is InChI=1S/C19H21N7O/c27-19(24-16-4-3-7-21-18(16)25-9-1-2-10-25)23-13-15-5-6-17(22-12-15)26-11-8-20-14-26/h3-8,11-12,14H,1-2,9-10,13H2,(H2,23,24,27). The van der Waals surface area contributed by atoms with Crippen LogP contribution in [0.1, 0.15) is 18.4 Å². The average molecular weight is 363 g/mol. The van der Waals surface area contributed by atoms with Crippen molar-refractivity contribution in [3.8, 4) is 5.82 Å². The monoisotopic (exact) mass is 363 g/mol. The number of anilines is 2. The minimum atomic E-state index is -0.262. The zero-order valence-corrected chi connectivity index (χ0v) is 14.9. The van der Waals surface area contributed by atoms with Gasteiger partial charge < -0.3 is 15.5 Å². The number of hydrogen-bond donors (Lipinski definition) is 2. The lowest BCUT2D eigenvalue weighted by Crippen LogP contribution is -2.30. The van der Waals surface area contributed by atoms with E-state index in [1.165, 1.54) is 0 Å². The summed E-state index contributed by atoms with van der Waals surface area (Å²) in [4.78, 5) is 27.3. The Morgan fingerprint density at radius 3 is 2.74 bits per heavy atom. The van der Waals surface area contributed by atoms with Gasteiger partial charge in [0.2, 0.25) is 0 Å². The number of imidazole rings is 1. The molecule has 8 nitrogen and oxygen atoms in total. The Morgan fingerprint density at radius 1 is 1.11 bits per heavy atom. The molecule has 4 heterocycles. The minimum Gasteiger partial charge on any atom is -0.355 e. The lowest BCUT2D eigenvalue weighted by atomic mass is 10.3. The van der Waals surface area contributed by atoms with Gasteiger partial charge >= 0.3 is 6.03 Å². The topological polar surface area (TPSA) is 88.0 Å². The molecule has 0 radical (unpaired) electrons. The van der Waals surface area contributed by atoms with Gasteiger partial charge in [-0.2, -0.15) is 0 Å². The van der Waals surface area contributed by atoms with E-state index in [0.29, 0.717) is 6.54 Å². The molecule has 4 rings (SSSR count). The Morgan fingerprint density at radius 2 is 2.00 bits per heavy atom. The van der Waals surface area contributed by atoms with Gasteiger partial charge in [-0.25, -0.2) is 19.7 Å². The summed E-state index contributed by atoms with van der Waals surface area (Å²) in [5.74, 6) is 1.61. The molecule has 1 saturated heterocycles. The summed E-state index contributed by atoms with van der Waals surface area (Å²) in [7, 11) is 0. The molecule has 0 saturated carbocycles. The highest BCUT2D eigenvalue weighted by Crippen LogP contribution is 2.25. The summed E-state index contributed by atoms with van der Waals surface area (Å²) in [5, 5.41) is 5.77. The molecule has 138 valence electrons. The van der Waals surface area contributed by atoms with Gasteiger partial charge in [-0.15, -0.1) is 0 Å². The second-order valence-corrected chi connectivity index (χ2v) is 6.37. The van der Waals surface area contributed by atoms with Crippen LogP contribution in [0.2, 0.25) is 0 Å². The summed E-state index contributed by atoms with van der Waals surface area (Å²) in [6.45, 7) is 2.34. The van der Waals surface area contributed by atoms with Gasteiger partial charge in [0.15, 0.2) is 5.82 Å². The molecule has 3 aromatic heterocycles. The molecule has 1 aliphatic rings. The van der Waals surface area contributed by atoms with Crippen molar-refractivity contribution >= 4 is 17.5 Å². The molecule has 8 heteroatoms. The van der Waals surface area contributed by atoms with Crippen molar-refractivity contribution in [2.45, 2.75) is 19.4 Å². The molecule has 1 aliphatic heterocycles. The van der Waals surface area contributed by atoms with Gasteiger partial charge in [-0.3, -0.25) is 4.57 Å². The van der Waals surface area contributed by atoms with Crippen LogP contribution in [0.25, 0.3) is 5.82 Å². The summed E-state index contributed by atoms with van der Waals surface area (Å²) >= 11 is 0. The number of urea groups is 1. The molecule has 0 spiro atoms. The smallest absolute Gasteiger partial charge is 0.319 e. The molecule has 0 aliphatic carbocycles. The molecule has 1 fully saturated rings. The molecule has 3 aromatic rings. The van der Waals surface area contributed by atoms with E-state index in [-0.39, 0.29) is 6.03 Å². The number of carbonyl (C=O) groups is 1. The fourth-order valence-corrected chi connectivity index (χ4v) is 3.09. The van der Waals surface area contributed by atoms with Crippen LogP contribution in [0.5, 0.6) is 0 Å². The van der Waals surface area contributed by atoms with E-state index in [1.807, 2.05) is 35.0 Å². The summed E-state index contributed by atoms with van der Waals surface area (Å²) in [6.07, 6.45) is 11.0. The molecular weight excluding hydrogens is 342 g/mol. The van der Waals surface area contributed by atoms with Crippen molar-refractivity contribution in [1.82, 2.24) is 24.8 Å². The van der Waals surface area contributed by atoms with E-state index >= 15 is 0 Å². The van der Waals surface area contributed by atoms with E-state index < -0.39 is 0 Å². The zero-order valence-electron chi connectivity index (χ0n) is 14.9. The van der Waals surface area contributed by atoms with Gasteiger partial charge in [-0.1, -0.05) is 6.07 Å². The van der Waals surface area contributed by atoms with E-state index in [2.05, 4.69) is 30.5 Å². The number of pyridine rings is 2. The Balaban J connectivity index is 1.35. The van der Waals surface area contributed by atoms with E-state index in [9.17, 15) is 4.79 Å². The highest BCUT2D eigenvalue weighted by molar-refractivity contribution is 5.92.